The molecule has 0 bridgehead atoms. The van der Waals surface area contributed by atoms with Crippen LogP contribution >= 0.6 is 0 Å². The Morgan fingerprint density at radius 2 is 2.15 bits per heavy atom. The van der Waals surface area contributed by atoms with Crippen LogP contribution < -0.4 is 5.43 Å². The number of carbonyl (C=O) groups excluding carboxylic acids is 1. The van der Waals surface area contributed by atoms with Gasteiger partial charge in [0.2, 0.25) is 5.91 Å². The number of fused-ring (bicyclic) bond motifs is 1. The number of ether oxygens (including phenoxy) is 1. The number of benzene rings is 1. The van der Waals surface area contributed by atoms with Crippen LogP contribution in [0.5, 0.6) is 0 Å². The normalized spacial score (nSPS) is 16.9. The van der Waals surface area contributed by atoms with Crippen LogP contribution in [0, 0.1) is 6.92 Å². The van der Waals surface area contributed by atoms with Gasteiger partial charge in [-0.25, -0.2) is 0 Å². The number of amides is 1. The Hall–Kier alpha value is -2.14. The maximum absolute atomic E-state index is 12.7. The average molecular weight is 356 g/mol. The molecule has 2 aromatic rings. The fraction of sp³-hybridized carbons (Fsp3) is 0.524. The van der Waals surface area contributed by atoms with Crippen LogP contribution in [0.4, 0.5) is 0 Å². The Kier molecular flexibility index (Phi) is 6.09. The van der Waals surface area contributed by atoms with Gasteiger partial charge in [-0.2, -0.15) is 0 Å². The molecule has 1 fully saturated rings. The van der Waals surface area contributed by atoms with Crippen LogP contribution in [0.2, 0.25) is 0 Å². The van der Waals surface area contributed by atoms with Crippen LogP contribution in [-0.2, 0) is 16.0 Å². The molecule has 0 radical (unpaired) electrons. The molecule has 1 aromatic heterocycles. The predicted octanol–water partition coefficient (Wildman–Crippen LogP) is 3.19. The molecule has 0 unspecified atom stereocenters. The smallest absolute Gasteiger partial charge is 0.222 e. The van der Waals surface area contributed by atoms with Gasteiger partial charge in [-0.3, -0.25) is 9.59 Å². The van der Waals surface area contributed by atoms with Gasteiger partial charge in [0.05, 0.1) is 6.10 Å². The van der Waals surface area contributed by atoms with Crippen molar-refractivity contribution in [3.05, 3.63) is 45.7 Å². The third kappa shape index (κ3) is 4.33. The molecule has 1 aromatic carbocycles. The van der Waals surface area contributed by atoms with Crippen molar-refractivity contribution in [2.24, 2.45) is 0 Å². The van der Waals surface area contributed by atoms with Crippen molar-refractivity contribution in [1.29, 1.82) is 0 Å². The molecule has 26 heavy (non-hydrogen) atoms. The standard InChI is InChI=1S/C21H28N2O3/c1-15-17(21(25)18-9-3-4-10-19(18)22-15)11-12-20(24)23(2)13-5-7-16-8-6-14-26-16/h3-4,9-10,16H,5-8,11-14H2,1-2H3,(H,22,25)/t16-/m0/s1. The van der Waals surface area contributed by atoms with Gasteiger partial charge in [0.15, 0.2) is 5.43 Å². The van der Waals surface area contributed by atoms with Crippen LogP contribution in [0.1, 0.15) is 43.4 Å². The molecule has 0 spiro atoms. The zero-order valence-electron chi connectivity index (χ0n) is 15.7. The number of nitrogens with zero attached hydrogens (tertiary/aromatic N) is 1. The predicted molar refractivity (Wildman–Crippen MR) is 103 cm³/mol. The number of aromatic amines is 1. The highest BCUT2D eigenvalue weighted by atomic mass is 16.5. The van der Waals surface area contributed by atoms with Gasteiger partial charge in [-0.05, 0) is 51.2 Å². The second kappa shape index (κ2) is 8.49. The zero-order chi connectivity index (χ0) is 18.5. The van der Waals surface area contributed by atoms with Crippen molar-refractivity contribution in [2.75, 3.05) is 20.2 Å². The lowest BCUT2D eigenvalue weighted by Crippen LogP contribution is -2.29. The van der Waals surface area contributed by atoms with E-state index in [4.69, 9.17) is 4.74 Å². The van der Waals surface area contributed by atoms with E-state index in [-0.39, 0.29) is 11.3 Å². The fourth-order valence-corrected chi connectivity index (χ4v) is 3.68. The number of carbonyl (C=O) groups is 1. The van der Waals surface area contributed by atoms with Crippen LogP contribution in [0.3, 0.4) is 0 Å². The summed E-state index contributed by atoms with van der Waals surface area (Å²) in [6.45, 7) is 3.52. The summed E-state index contributed by atoms with van der Waals surface area (Å²) in [7, 11) is 1.84. The SMILES string of the molecule is Cc1[nH]c2ccccc2c(=O)c1CCC(=O)N(C)CCC[C@H]1CCCO1. The third-order valence-corrected chi connectivity index (χ3v) is 5.28. The summed E-state index contributed by atoms with van der Waals surface area (Å²) >= 11 is 0. The van der Waals surface area contributed by atoms with Crippen LogP contribution in [0.25, 0.3) is 10.9 Å². The first-order valence-electron chi connectivity index (χ1n) is 9.52. The summed E-state index contributed by atoms with van der Waals surface area (Å²) in [4.78, 5) is 30.2. The minimum absolute atomic E-state index is 0.0330. The van der Waals surface area contributed by atoms with E-state index in [9.17, 15) is 9.59 Å². The Morgan fingerprint density at radius 1 is 1.35 bits per heavy atom. The van der Waals surface area contributed by atoms with Gasteiger partial charge in [-0.1, -0.05) is 12.1 Å². The molecule has 5 heteroatoms. The lowest BCUT2D eigenvalue weighted by molar-refractivity contribution is -0.130. The van der Waals surface area contributed by atoms with E-state index in [0.717, 1.165) is 50.0 Å². The molecule has 5 nitrogen and oxygen atoms in total. The molecule has 3 rings (SSSR count). The molecule has 1 N–H and O–H groups in total. The molecule has 1 saturated heterocycles. The number of H-pyrrole nitrogens is 1. The number of aromatic nitrogens is 1. The van der Waals surface area contributed by atoms with Crippen molar-refractivity contribution in [3.8, 4) is 0 Å². The highest BCUT2D eigenvalue weighted by Crippen LogP contribution is 2.17. The highest BCUT2D eigenvalue weighted by molar-refractivity contribution is 5.80. The molecule has 1 aliphatic rings. The number of nitrogens with one attached hydrogen (secondary N) is 1. The van der Waals surface area contributed by atoms with Crippen LogP contribution in [0.15, 0.2) is 29.1 Å². The molecule has 0 saturated carbocycles. The number of pyridine rings is 1. The minimum atomic E-state index is 0.0330. The fourth-order valence-electron chi connectivity index (χ4n) is 3.68. The molecule has 2 heterocycles. The summed E-state index contributed by atoms with van der Waals surface area (Å²) in [5, 5.41) is 0.686. The van der Waals surface area contributed by atoms with E-state index >= 15 is 0 Å². The lowest BCUT2D eigenvalue weighted by Gasteiger charge is -2.18. The lowest BCUT2D eigenvalue weighted by atomic mass is 10.0. The van der Waals surface area contributed by atoms with Gasteiger partial charge < -0.3 is 14.6 Å². The van der Waals surface area contributed by atoms with Crippen molar-refractivity contribution < 1.29 is 9.53 Å². The number of para-hydroxylation sites is 1. The first kappa shape index (κ1) is 18.6. The van der Waals surface area contributed by atoms with Crippen molar-refractivity contribution in [2.45, 2.75) is 51.6 Å². The molecule has 140 valence electrons. The summed E-state index contributed by atoms with van der Waals surface area (Å²) in [5.41, 5.74) is 2.44. The Bertz CT molecular complexity index is 822. The van der Waals surface area contributed by atoms with Gasteiger partial charge in [0.1, 0.15) is 0 Å². The van der Waals surface area contributed by atoms with Crippen molar-refractivity contribution in [3.63, 3.8) is 0 Å². The van der Waals surface area contributed by atoms with E-state index in [2.05, 4.69) is 4.98 Å². The monoisotopic (exact) mass is 356 g/mol. The average Bonchev–Trinajstić information content (AvgIpc) is 3.14. The quantitative estimate of drug-likeness (QED) is 0.829. The Labute approximate surface area is 154 Å². The van der Waals surface area contributed by atoms with Gasteiger partial charge in [0.25, 0.3) is 0 Å². The molecule has 1 amide bonds. The second-order valence-corrected chi connectivity index (χ2v) is 7.20. The van der Waals surface area contributed by atoms with E-state index < -0.39 is 0 Å². The molecule has 0 aliphatic carbocycles. The first-order chi connectivity index (χ1) is 12.6. The Balaban J connectivity index is 1.55. The number of hydrogen-bond donors (Lipinski definition) is 1. The number of rotatable bonds is 7. The summed E-state index contributed by atoms with van der Waals surface area (Å²) in [6.07, 6.45) is 5.47. The molecular weight excluding hydrogens is 328 g/mol. The molecule has 1 atom stereocenters. The van der Waals surface area contributed by atoms with Crippen molar-refractivity contribution >= 4 is 16.8 Å². The first-order valence-corrected chi connectivity index (χ1v) is 9.52. The van der Waals surface area contributed by atoms with Gasteiger partial charge in [-0.15, -0.1) is 0 Å². The maximum Gasteiger partial charge on any atom is 0.222 e. The summed E-state index contributed by atoms with van der Waals surface area (Å²) in [5.74, 6) is 0.0873. The van der Waals surface area contributed by atoms with Gasteiger partial charge >= 0.3 is 0 Å². The van der Waals surface area contributed by atoms with Crippen molar-refractivity contribution in [1.82, 2.24) is 9.88 Å². The van der Waals surface area contributed by atoms with Gasteiger partial charge in [0, 0.05) is 48.8 Å². The maximum atomic E-state index is 12.7. The van der Waals surface area contributed by atoms with E-state index in [0.29, 0.717) is 29.9 Å². The number of aryl methyl sites for hydroxylation is 1. The molecule has 1 aliphatic heterocycles. The van der Waals surface area contributed by atoms with Crippen LogP contribution in [-0.4, -0.2) is 42.1 Å². The highest BCUT2D eigenvalue weighted by Gasteiger charge is 2.17. The zero-order valence-corrected chi connectivity index (χ0v) is 15.7. The number of hydrogen-bond acceptors (Lipinski definition) is 3. The van der Waals surface area contributed by atoms with E-state index in [1.165, 1.54) is 0 Å². The Morgan fingerprint density at radius 3 is 2.92 bits per heavy atom. The molecular formula is C21H28N2O3. The second-order valence-electron chi connectivity index (χ2n) is 7.20. The van der Waals surface area contributed by atoms with E-state index in [1.54, 1.807) is 4.90 Å². The third-order valence-electron chi connectivity index (χ3n) is 5.28. The van der Waals surface area contributed by atoms with E-state index in [1.807, 2.05) is 38.2 Å². The largest absolute Gasteiger partial charge is 0.378 e. The topological polar surface area (TPSA) is 62.4 Å². The summed E-state index contributed by atoms with van der Waals surface area (Å²) in [6, 6.07) is 7.51. The minimum Gasteiger partial charge on any atom is -0.378 e. The summed E-state index contributed by atoms with van der Waals surface area (Å²) < 4.78 is 5.62.